The summed E-state index contributed by atoms with van der Waals surface area (Å²) in [4.78, 5) is 15.2. The molecule has 0 aliphatic rings. The van der Waals surface area contributed by atoms with Crippen LogP contribution in [0.1, 0.15) is 23.2 Å². The molecule has 1 N–H and O–H groups in total. The van der Waals surface area contributed by atoms with E-state index in [-0.39, 0.29) is 23.6 Å². The highest BCUT2D eigenvalue weighted by Crippen LogP contribution is 2.20. The lowest BCUT2D eigenvalue weighted by molar-refractivity contribution is -0.135. The number of amides is 1. The van der Waals surface area contributed by atoms with Gasteiger partial charge in [0, 0.05) is 25.4 Å². The number of hydrogen-bond donors (Lipinski definition) is 1. The number of halogens is 4. The van der Waals surface area contributed by atoms with Crippen LogP contribution in [0.2, 0.25) is 5.02 Å². The number of carbonyl (C=O) groups is 1. The van der Waals surface area contributed by atoms with Crippen LogP contribution in [0.25, 0.3) is 0 Å². The Hall–Kier alpha value is -1.30. The normalized spacial score (nSPS) is 11.3. The van der Waals surface area contributed by atoms with Gasteiger partial charge in [0.05, 0.1) is 10.6 Å². The fourth-order valence-corrected chi connectivity index (χ4v) is 1.35. The molecule has 0 radical (unpaired) electrons. The average Bonchev–Trinajstić information content (AvgIpc) is 2.23. The van der Waals surface area contributed by atoms with Crippen molar-refractivity contribution in [2.45, 2.75) is 19.0 Å². The molecule has 0 bridgehead atoms. The van der Waals surface area contributed by atoms with Gasteiger partial charge in [0.2, 0.25) is 0 Å². The van der Waals surface area contributed by atoms with Crippen molar-refractivity contribution in [2.24, 2.45) is 0 Å². The average molecular weight is 267 g/mol. The van der Waals surface area contributed by atoms with Crippen molar-refractivity contribution in [3.63, 3.8) is 0 Å². The molecule has 0 fully saturated rings. The molecular formula is C10H10ClF3N2O. The lowest BCUT2D eigenvalue weighted by Crippen LogP contribution is -2.25. The number of rotatable bonds is 4. The van der Waals surface area contributed by atoms with E-state index in [0.717, 1.165) is 0 Å². The summed E-state index contributed by atoms with van der Waals surface area (Å²) in [7, 11) is 0. The van der Waals surface area contributed by atoms with Crippen LogP contribution in [0.3, 0.4) is 0 Å². The van der Waals surface area contributed by atoms with Crippen LogP contribution in [-0.2, 0) is 0 Å². The third-order valence-corrected chi connectivity index (χ3v) is 2.24. The van der Waals surface area contributed by atoms with Crippen LogP contribution < -0.4 is 5.32 Å². The minimum atomic E-state index is -4.20. The summed E-state index contributed by atoms with van der Waals surface area (Å²) in [6, 6.07) is 1.40. The van der Waals surface area contributed by atoms with Crippen LogP contribution in [0, 0.1) is 0 Å². The van der Waals surface area contributed by atoms with Crippen molar-refractivity contribution in [2.75, 3.05) is 6.54 Å². The molecule has 1 rings (SSSR count). The molecule has 3 nitrogen and oxygen atoms in total. The lowest BCUT2D eigenvalue weighted by atomic mass is 10.2. The van der Waals surface area contributed by atoms with Gasteiger partial charge in [0.25, 0.3) is 5.91 Å². The number of pyridine rings is 1. The topological polar surface area (TPSA) is 42.0 Å². The standard InChI is InChI=1S/C10H10ClF3N2O/c11-8-6-15-5-2-7(8)9(17)16-4-1-3-10(12,13)14/h2,5-6H,1,3-4H2,(H,16,17). The van der Waals surface area contributed by atoms with E-state index in [1.165, 1.54) is 18.5 Å². The fourth-order valence-electron chi connectivity index (χ4n) is 1.15. The van der Waals surface area contributed by atoms with Crippen molar-refractivity contribution in [1.82, 2.24) is 10.3 Å². The number of nitrogens with one attached hydrogen (secondary N) is 1. The fraction of sp³-hybridized carbons (Fsp3) is 0.400. The molecule has 0 unspecified atom stereocenters. The van der Waals surface area contributed by atoms with Gasteiger partial charge in [-0.15, -0.1) is 0 Å². The first-order valence-electron chi connectivity index (χ1n) is 4.84. The molecule has 0 spiro atoms. The third-order valence-electron chi connectivity index (χ3n) is 1.94. The van der Waals surface area contributed by atoms with Crippen LogP contribution in [0.15, 0.2) is 18.5 Å². The molecule has 0 aromatic carbocycles. The van der Waals surface area contributed by atoms with E-state index < -0.39 is 18.5 Å². The van der Waals surface area contributed by atoms with E-state index >= 15 is 0 Å². The minimum Gasteiger partial charge on any atom is -0.352 e. The van der Waals surface area contributed by atoms with Crippen LogP contribution in [-0.4, -0.2) is 23.6 Å². The van der Waals surface area contributed by atoms with Crippen molar-refractivity contribution < 1.29 is 18.0 Å². The molecule has 1 amide bonds. The Bertz CT molecular complexity index is 395. The summed E-state index contributed by atoms with van der Waals surface area (Å²) in [6.07, 6.45) is -2.59. The van der Waals surface area contributed by atoms with Gasteiger partial charge in [-0.3, -0.25) is 9.78 Å². The summed E-state index contributed by atoms with van der Waals surface area (Å²) in [5, 5.41) is 2.53. The molecule has 0 saturated carbocycles. The lowest BCUT2D eigenvalue weighted by Gasteiger charge is -2.08. The second-order valence-electron chi connectivity index (χ2n) is 3.33. The zero-order valence-electron chi connectivity index (χ0n) is 8.72. The van der Waals surface area contributed by atoms with Crippen molar-refractivity contribution in [3.05, 3.63) is 29.0 Å². The Balaban J connectivity index is 2.39. The van der Waals surface area contributed by atoms with Gasteiger partial charge in [0.1, 0.15) is 0 Å². The first kappa shape index (κ1) is 13.8. The van der Waals surface area contributed by atoms with E-state index in [4.69, 9.17) is 11.6 Å². The summed E-state index contributed by atoms with van der Waals surface area (Å²) >= 11 is 5.70. The van der Waals surface area contributed by atoms with Gasteiger partial charge in [-0.1, -0.05) is 11.6 Å². The highest BCUT2D eigenvalue weighted by atomic mass is 35.5. The van der Waals surface area contributed by atoms with E-state index in [0.29, 0.717) is 0 Å². The maximum Gasteiger partial charge on any atom is 0.389 e. The highest BCUT2D eigenvalue weighted by Gasteiger charge is 2.26. The van der Waals surface area contributed by atoms with Crippen molar-refractivity contribution in [3.8, 4) is 0 Å². The van der Waals surface area contributed by atoms with E-state index in [2.05, 4.69) is 10.3 Å². The smallest absolute Gasteiger partial charge is 0.352 e. The number of aromatic nitrogens is 1. The summed E-state index contributed by atoms with van der Waals surface area (Å²) < 4.78 is 35.5. The molecule has 0 atom stereocenters. The molecule has 0 saturated heterocycles. The van der Waals surface area contributed by atoms with Crippen LogP contribution in [0.5, 0.6) is 0 Å². The molecule has 94 valence electrons. The van der Waals surface area contributed by atoms with Crippen molar-refractivity contribution >= 4 is 17.5 Å². The number of alkyl halides is 3. The maximum absolute atomic E-state index is 11.8. The van der Waals surface area contributed by atoms with E-state index in [1.54, 1.807) is 0 Å². The minimum absolute atomic E-state index is 0.0446. The van der Waals surface area contributed by atoms with Crippen molar-refractivity contribution in [1.29, 1.82) is 0 Å². The monoisotopic (exact) mass is 266 g/mol. The zero-order valence-corrected chi connectivity index (χ0v) is 9.48. The van der Waals surface area contributed by atoms with Gasteiger partial charge in [-0.05, 0) is 12.5 Å². The molecule has 7 heteroatoms. The molecule has 1 aromatic heterocycles. The van der Waals surface area contributed by atoms with Gasteiger partial charge >= 0.3 is 6.18 Å². The Morgan fingerprint density at radius 3 is 2.76 bits per heavy atom. The number of carbonyl (C=O) groups excluding carboxylic acids is 1. The first-order chi connectivity index (χ1) is 7.90. The zero-order chi connectivity index (χ0) is 12.9. The molecule has 1 heterocycles. The van der Waals surface area contributed by atoms with Gasteiger partial charge < -0.3 is 5.32 Å². The van der Waals surface area contributed by atoms with Crippen LogP contribution >= 0.6 is 11.6 Å². The molecule has 1 aromatic rings. The maximum atomic E-state index is 11.8. The predicted molar refractivity (Wildman–Crippen MR) is 56.9 cm³/mol. The van der Waals surface area contributed by atoms with Gasteiger partial charge in [0.15, 0.2) is 0 Å². The summed E-state index contributed by atoms with van der Waals surface area (Å²) in [5.74, 6) is -0.500. The number of hydrogen-bond acceptors (Lipinski definition) is 2. The third kappa shape index (κ3) is 5.04. The second kappa shape index (κ2) is 5.86. The number of nitrogens with zero attached hydrogens (tertiary/aromatic N) is 1. The highest BCUT2D eigenvalue weighted by molar-refractivity contribution is 6.33. The summed E-state index contributed by atoms with van der Waals surface area (Å²) in [6.45, 7) is -0.0446. The first-order valence-corrected chi connectivity index (χ1v) is 5.22. The SMILES string of the molecule is O=C(NCCCC(F)(F)F)c1ccncc1Cl. The molecule has 17 heavy (non-hydrogen) atoms. The quantitative estimate of drug-likeness (QED) is 0.852. The Kier molecular flexibility index (Phi) is 4.74. The Labute approximate surface area is 101 Å². The Morgan fingerprint density at radius 1 is 1.47 bits per heavy atom. The predicted octanol–water partition coefficient (Wildman–Crippen LogP) is 2.81. The Morgan fingerprint density at radius 2 is 2.18 bits per heavy atom. The molecule has 0 aliphatic carbocycles. The molecular weight excluding hydrogens is 257 g/mol. The molecule has 0 aliphatic heterocycles. The summed E-state index contributed by atoms with van der Waals surface area (Å²) in [5.41, 5.74) is 0.202. The largest absolute Gasteiger partial charge is 0.389 e. The van der Waals surface area contributed by atoms with E-state index in [1.807, 2.05) is 0 Å². The second-order valence-corrected chi connectivity index (χ2v) is 3.74. The van der Waals surface area contributed by atoms with Gasteiger partial charge in [-0.2, -0.15) is 13.2 Å². The van der Waals surface area contributed by atoms with E-state index in [9.17, 15) is 18.0 Å². The van der Waals surface area contributed by atoms with Crippen LogP contribution in [0.4, 0.5) is 13.2 Å². The van der Waals surface area contributed by atoms with Gasteiger partial charge in [-0.25, -0.2) is 0 Å².